The fraction of sp³-hybridized carbons (Fsp3) is 0.296. The number of likely N-dealkylation sites (N-methyl/N-ethyl adjacent to an activating group) is 2. The van der Waals surface area contributed by atoms with Gasteiger partial charge in [-0.05, 0) is 130 Å². The molecule has 2 amide bonds. The number of anilines is 8. The minimum Gasteiger partial charge on any atom is -0.369 e. The van der Waals surface area contributed by atoms with Crippen LogP contribution >= 0.6 is 23.2 Å². The van der Waals surface area contributed by atoms with Gasteiger partial charge >= 0.3 is 5.92 Å². The second-order valence-electron chi connectivity index (χ2n) is 18.3. The highest BCUT2D eigenvalue weighted by Gasteiger charge is 2.49. The topological polar surface area (TPSA) is 147 Å². The Bertz CT molecular complexity index is 2790. The molecular weight excluding hydrogens is 958 g/mol. The molecule has 0 unspecified atom stereocenters. The van der Waals surface area contributed by atoms with Crippen LogP contribution in [0.5, 0.6) is 0 Å². The van der Waals surface area contributed by atoms with Crippen LogP contribution in [0.4, 0.5) is 54.8 Å². The molecular formula is C54H58Cl2F2N12O2. The van der Waals surface area contributed by atoms with E-state index in [1.54, 1.807) is 6.20 Å². The summed E-state index contributed by atoms with van der Waals surface area (Å²) in [5.74, 6) is -3.76. The highest BCUT2D eigenvalue weighted by Crippen LogP contribution is 2.55. The summed E-state index contributed by atoms with van der Waals surface area (Å²) in [6.45, 7) is 19.0. The average molecular weight is 1020 g/mol. The maximum Gasteiger partial charge on any atom is 0.316 e. The first-order valence-corrected chi connectivity index (χ1v) is 24.4. The quantitative estimate of drug-likeness (QED) is 0.0771. The number of carbonyl (C=O) groups excluding carboxylic acids is 2. The largest absolute Gasteiger partial charge is 0.369 e. The van der Waals surface area contributed by atoms with Crippen LogP contribution in [0.1, 0.15) is 46.5 Å². The van der Waals surface area contributed by atoms with Crippen molar-refractivity contribution in [2.45, 2.75) is 38.0 Å². The minimum atomic E-state index is -3.54. The van der Waals surface area contributed by atoms with E-state index in [0.29, 0.717) is 16.7 Å². The van der Waals surface area contributed by atoms with Crippen LogP contribution in [0.2, 0.25) is 10.0 Å². The van der Waals surface area contributed by atoms with E-state index in [1.807, 2.05) is 37.3 Å². The van der Waals surface area contributed by atoms with Gasteiger partial charge < -0.3 is 40.9 Å². The number of aryl methyl sites for hydroxylation is 2. The van der Waals surface area contributed by atoms with Gasteiger partial charge in [0.1, 0.15) is 5.69 Å². The zero-order chi connectivity index (χ0) is 51.2. The van der Waals surface area contributed by atoms with Gasteiger partial charge in [-0.1, -0.05) is 60.6 Å². The minimum absolute atomic E-state index is 0.000590. The van der Waals surface area contributed by atoms with E-state index in [4.69, 9.17) is 28.2 Å². The second-order valence-corrected chi connectivity index (χ2v) is 19.1. The zero-order valence-electron chi connectivity index (χ0n) is 40.8. The first-order chi connectivity index (χ1) is 34.5. The number of rotatable bonds is 14. The van der Waals surface area contributed by atoms with Gasteiger partial charge in [0.15, 0.2) is 0 Å². The van der Waals surface area contributed by atoms with Crippen LogP contribution < -0.4 is 31.1 Å². The molecule has 18 heteroatoms. The Kier molecular flexibility index (Phi) is 15.8. The molecule has 1 aliphatic carbocycles. The lowest BCUT2D eigenvalue weighted by atomic mass is 9.91. The fourth-order valence-electron chi connectivity index (χ4n) is 8.75. The van der Waals surface area contributed by atoms with Gasteiger partial charge in [-0.25, -0.2) is 19.9 Å². The fourth-order valence-corrected chi connectivity index (χ4v) is 9.23. The molecule has 1 saturated carbocycles. The van der Waals surface area contributed by atoms with Crippen molar-refractivity contribution in [1.29, 1.82) is 0 Å². The molecule has 0 atom stereocenters. The van der Waals surface area contributed by atoms with Crippen LogP contribution in [0.15, 0.2) is 123 Å². The van der Waals surface area contributed by atoms with Crippen molar-refractivity contribution in [1.82, 2.24) is 29.7 Å². The summed E-state index contributed by atoms with van der Waals surface area (Å²) >= 11 is 12.7. The third-order valence-electron chi connectivity index (χ3n) is 13.2. The van der Waals surface area contributed by atoms with E-state index in [2.05, 4.69) is 120 Å². The van der Waals surface area contributed by atoms with Crippen molar-refractivity contribution < 1.29 is 18.4 Å². The molecule has 3 fully saturated rings. The number of hydrogen-bond acceptors (Lipinski definition) is 12. The third-order valence-corrected chi connectivity index (χ3v) is 13.7. The van der Waals surface area contributed by atoms with Crippen molar-refractivity contribution in [3.63, 3.8) is 0 Å². The van der Waals surface area contributed by atoms with Crippen molar-refractivity contribution >= 4 is 81.0 Å². The van der Waals surface area contributed by atoms with Crippen molar-refractivity contribution in [2.24, 2.45) is 0 Å². The molecule has 72 heavy (non-hydrogen) atoms. The number of nitrogens with one attached hydrogen (secondary N) is 4. The van der Waals surface area contributed by atoms with Crippen molar-refractivity contribution in [2.75, 3.05) is 97.5 Å². The van der Waals surface area contributed by atoms with Crippen LogP contribution in [0, 0.1) is 13.8 Å². The third kappa shape index (κ3) is 12.0. The van der Waals surface area contributed by atoms with E-state index in [9.17, 15) is 9.59 Å². The van der Waals surface area contributed by atoms with Gasteiger partial charge in [0.25, 0.3) is 0 Å². The van der Waals surface area contributed by atoms with Crippen molar-refractivity contribution in [3.05, 3.63) is 166 Å². The summed E-state index contributed by atoms with van der Waals surface area (Å²) < 4.78 is 31.0. The van der Waals surface area contributed by atoms with E-state index >= 15 is 8.78 Å². The van der Waals surface area contributed by atoms with Crippen LogP contribution in [-0.4, -0.2) is 108 Å². The van der Waals surface area contributed by atoms with E-state index < -0.39 is 17.5 Å². The Labute approximate surface area is 429 Å². The Morgan fingerprint density at radius 2 is 1.14 bits per heavy atom. The van der Waals surface area contributed by atoms with E-state index in [1.165, 1.54) is 36.0 Å². The zero-order valence-corrected chi connectivity index (χ0v) is 42.3. The summed E-state index contributed by atoms with van der Waals surface area (Å²) in [5, 5.41) is 12.0. The molecule has 374 valence electrons. The normalized spacial score (nSPS) is 15.7. The Hall–Kier alpha value is -6.98. The van der Waals surface area contributed by atoms with Crippen LogP contribution in [0.3, 0.4) is 0 Å². The maximum absolute atomic E-state index is 15.5. The molecule has 2 aromatic heterocycles. The molecule has 4 N–H and O–H groups in total. The number of alkyl halides is 2. The Morgan fingerprint density at radius 1 is 0.653 bits per heavy atom. The number of amides is 2. The van der Waals surface area contributed by atoms with Crippen LogP contribution in [-0.2, 0) is 20.9 Å². The Balaban J connectivity index is 0.000000193. The molecule has 0 bridgehead atoms. The maximum atomic E-state index is 15.5. The molecule has 2 saturated heterocycles. The lowest BCUT2D eigenvalue weighted by Crippen LogP contribution is -2.44. The smallest absolute Gasteiger partial charge is 0.316 e. The highest BCUT2D eigenvalue weighted by atomic mass is 35.5. The van der Waals surface area contributed by atoms with E-state index in [0.717, 1.165) is 117 Å². The SMILES string of the molecule is C=CC(=O)Nc1cccc(C(F)(F)c2nc(Nc3ccc(N4CCN(C)CC4)cc3C)ncc2Cl)c1.C=CC(=O)Nc1cccc(C2(c3nc(Nc4ccc(N5CCN(C)CC5)cc4C)ncc3Cl)CC2)c1. The van der Waals surface area contributed by atoms with Crippen LogP contribution in [0.25, 0.3) is 0 Å². The van der Waals surface area contributed by atoms with Gasteiger partial charge in [0.05, 0.1) is 28.1 Å². The molecule has 14 nitrogen and oxygen atoms in total. The number of carbonyl (C=O) groups is 2. The van der Waals surface area contributed by atoms with Crippen molar-refractivity contribution in [3.8, 4) is 0 Å². The summed E-state index contributed by atoms with van der Waals surface area (Å²) in [6.07, 6.45) is 7.00. The molecule has 2 aliphatic heterocycles. The number of benzene rings is 4. The molecule has 3 aliphatic rings. The monoisotopic (exact) mass is 1010 g/mol. The summed E-state index contributed by atoms with van der Waals surface area (Å²) in [7, 11) is 4.27. The molecule has 4 heterocycles. The number of halogens is 4. The average Bonchev–Trinajstić information content (AvgIpc) is 4.19. The summed E-state index contributed by atoms with van der Waals surface area (Å²) in [4.78, 5) is 50.2. The predicted molar refractivity (Wildman–Crippen MR) is 286 cm³/mol. The molecule has 0 radical (unpaired) electrons. The molecule has 0 spiro atoms. The number of piperazine rings is 2. The number of nitrogens with zero attached hydrogens (tertiary/aromatic N) is 8. The van der Waals surface area contributed by atoms with Gasteiger partial charge in [-0.3, -0.25) is 9.59 Å². The lowest BCUT2D eigenvalue weighted by molar-refractivity contribution is -0.112. The number of aromatic nitrogens is 4. The predicted octanol–water partition coefficient (Wildman–Crippen LogP) is 10.3. The van der Waals surface area contributed by atoms with Gasteiger partial charge in [-0.15, -0.1) is 0 Å². The Morgan fingerprint density at radius 3 is 1.64 bits per heavy atom. The highest BCUT2D eigenvalue weighted by molar-refractivity contribution is 6.31. The number of hydrogen-bond donors (Lipinski definition) is 4. The summed E-state index contributed by atoms with van der Waals surface area (Å²) in [6, 6.07) is 25.6. The molecule has 6 aromatic rings. The second kappa shape index (κ2) is 22.2. The van der Waals surface area contributed by atoms with E-state index in [-0.39, 0.29) is 33.5 Å². The molecule has 9 rings (SSSR count). The standard InChI is InChI=1S/C28H31ClN6O.C26H27ClF2N6O/c1-4-25(36)31-21-7-5-6-20(17-21)28(10-11-28)26-23(29)18-30-27(33-26)32-24-9-8-22(16-19(24)2)35-14-12-34(3)13-15-35;1-4-23(36)31-19-7-5-6-18(15-19)26(28,29)24-21(27)16-30-25(33-24)32-22-9-8-20(14-17(22)2)35-12-10-34(3)11-13-35/h4-9,16-18H,1,10-15H2,2-3H3,(H,31,36)(H,30,32,33);4-9,14-16H,1,10-13H2,2-3H3,(H,31,36)(H,30,32,33). The van der Waals surface area contributed by atoms with Gasteiger partial charge in [0.2, 0.25) is 23.7 Å². The first kappa shape index (κ1) is 51.4. The first-order valence-electron chi connectivity index (χ1n) is 23.7. The molecule has 4 aromatic carbocycles. The lowest BCUT2D eigenvalue weighted by Gasteiger charge is -2.34. The summed E-state index contributed by atoms with van der Waals surface area (Å²) in [5.41, 5.74) is 7.61. The van der Waals surface area contributed by atoms with Gasteiger partial charge in [-0.2, -0.15) is 8.78 Å². The van der Waals surface area contributed by atoms with Gasteiger partial charge in [0, 0.05) is 97.5 Å².